The van der Waals surface area contributed by atoms with Crippen molar-refractivity contribution in [2.45, 2.75) is 6.10 Å². The summed E-state index contributed by atoms with van der Waals surface area (Å²) in [5.74, 6) is -1.52. The van der Waals surface area contributed by atoms with E-state index >= 15 is 0 Å². The first-order valence-corrected chi connectivity index (χ1v) is 6.77. The van der Waals surface area contributed by atoms with Crippen molar-refractivity contribution in [1.29, 1.82) is 0 Å². The smallest absolute Gasteiger partial charge is 0.160 e. The van der Waals surface area contributed by atoms with Gasteiger partial charge >= 0.3 is 0 Å². The third-order valence-corrected chi connectivity index (χ3v) is 3.77. The molecule has 6 heteroatoms. The van der Waals surface area contributed by atoms with Gasteiger partial charge in [-0.15, -0.1) is 0 Å². The van der Waals surface area contributed by atoms with Gasteiger partial charge in [0, 0.05) is 10.6 Å². The Kier molecular flexibility index (Phi) is 4.62. The number of hydrogen-bond acceptors (Lipinski definition) is 2. The minimum atomic E-state index is -1.17. The summed E-state index contributed by atoms with van der Waals surface area (Å²) in [7, 11) is 1.52. The van der Waals surface area contributed by atoms with Gasteiger partial charge in [0.2, 0.25) is 0 Å². The van der Waals surface area contributed by atoms with Crippen LogP contribution < -0.4 is 4.74 Å². The Labute approximate surface area is 128 Å². The zero-order chi connectivity index (χ0) is 14.9. The van der Waals surface area contributed by atoms with Crippen LogP contribution in [0.5, 0.6) is 5.75 Å². The minimum absolute atomic E-state index is 0.0386. The number of rotatable bonds is 3. The Morgan fingerprint density at radius 3 is 2.45 bits per heavy atom. The van der Waals surface area contributed by atoms with Gasteiger partial charge in [0.25, 0.3) is 0 Å². The molecule has 0 aliphatic rings. The maximum atomic E-state index is 13.3. The maximum absolute atomic E-state index is 13.3. The molecule has 1 atom stereocenters. The van der Waals surface area contributed by atoms with E-state index in [2.05, 4.69) is 15.9 Å². The van der Waals surface area contributed by atoms with Crippen LogP contribution in [0.1, 0.15) is 17.2 Å². The van der Waals surface area contributed by atoms with Crippen LogP contribution in [-0.4, -0.2) is 12.2 Å². The molecule has 0 bridgehead atoms. The highest BCUT2D eigenvalue weighted by atomic mass is 79.9. The topological polar surface area (TPSA) is 29.5 Å². The van der Waals surface area contributed by atoms with E-state index in [4.69, 9.17) is 16.3 Å². The van der Waals surface area contributed by atoms with Crippen molar-refractivity contribution in [1.82, 2.24) is 0 Å². The maximum Gasteiger partial charge on any atom is 0.160 e. The lowest BCUT2D eigenvalue weighted by Gasteiger charge is -2.15. The monoisotopic (exact) mass is 362 g/mol. The predicted octanol–water partition coefficient (Wildman–Crippen LogP) is 4.47. The van der Waals surface area contributed by atoms with Gasteiger partial charge in [-0.25, -0.2) is 8.78 Å². The average Bonchev–Trinajstić information content (AvgIpc) is 2.42. The molecule has 1 unspecified atom stereocenters. The minimum Gasteiger partial charge on any atom is -0.496 e. The van der Waals surface area contributed by atoms with Gasteiger partial charge in [-0.05, 0) is 45.8 Å². The van der Waals surface area contributed by atoms with Gasteiger partial charge in [-0.1, -0.05) is 17.7 Å². The van der Waals surface area contributed by atoms with Gasteiger partial charge in [-0.3, -0.25) is 0 Å². The molecule has 2 nitrogen and oxygen atoms in total. The van der Waals surface area contributed by atoms with Crippen molar-refractivity contribution in [3.63, 3.8) is 0 Å². The summed E-state index contributed by atoms with van der Waals surface area (Å²) in [4.78, 5) is 0. The first-order valence-electron chi connectivity index (χ1n) is 5.60. The first-order chi connectivity index (χ1) is 9.43. The van der Waals surface area contributed by atoms with Crippen molar-refractivity contribution >= 4 is 27.5 Å². The standard InChI is InChI=1S/C14H10BrClF2O2/c1-20-13-3-2-7(4-9(13)15)14(19)8-5-11(17)12(18)6-10(8)16/h2-6,14,19H,1H3. The molecule has 20 heavy (non-hydrogen) atoms. The molecular formula is C14H10BrClF2O2. The summed E-state index contributed by atoms with van der Waals surface area (Å²) in [6.07, 6.45) is -1.17. The van der Waals surface area contributed by atoms with Crippen LogP contribution in [0.25, 0.3) is 0 Å². The quantitative estimate of drug-likeness (QED) is 0.815. The van der Waals surface area contributed by atoms with Crippen LogP contribution >= 0.6 is 27.5 Å². The van der Waals surface area contributed by atoms with Crippen LogP contribution in [0.3, 0.4) is 0 Å². The van der Waals surface area contributed by atoms with E-state index < -0.39 is 17.7 Å². The molecular weight excluding hydrogens is 354 g/mol. The van der Waals surface area contributed by atoms with E-state index in [1.165, 1.54) is 7.11 Å². The third kappa shape index (κ3) is 2.95. The lowest BCUT2D eigenvalue weighted by atomic mass is 10.0. The number of halogens is 4. The predicted molar refractivity (Wildman–Crippen MR) is 76.1 cm³/mol. The SMILES string of the molecule is COc1ccc(C(O)c2cc(F)c(F)cc2Cl)cc1Br. The van der Waals surface area contributed by atoms with E-state index in [1.807, 2.05) is 0 Å². The first kappa shape index (κ1) is 15.2. The number of aliphatic hydroxyl groups is 1. The highest BCUT2D eigenvalue weighted by Crippen LogP contribution is 2.33. The molecule has 2 aromatic rings. The molecule has 0 heterocycles. The number of hydrogen-bond donors (Lipinski definition) is 1. The van der Waals surface area contributed by atoms with Crippen LogP contribution in [-0.2, 0) is 0 Å². The molecule has 0 saturated heterocycles. The molecule has 2 aromatic carbocycles. The van der Waals surface area contributed by atoms with Gasteiger partial charge < -0.3 is 9.84 Å². The molecule has 0 aliphatic carbocycles. The highest BCUT2D eigenvalue weighted by molar-refractivity contribution is 9.10. The molecule has 0 spiro atoms. The second kappa shape index (κ2) is 6.08. The molecule has 2 rings (SSSR count). The normalized spacial score (nSPS) is 12.3. The Balaban J connectivity index is 2.43. The van der Waals surface area contributed by atoms with E-state index in [0.29, 0.717) is 15.8 Å². The number of ether oxygens (including phenoxy) is 1. The van der Waals surface area contributed by atoms with Crippen molar-refractivity contribution in [2.75, 3.05) is 7.11 Å². The van der Waals surface area contributed by atoms with Gasteiger partial charge in [0.1, 0.15) is 11.9 Å². The van der Waals surface area contributed by atoms with E-state index in [0.717, 1.165) is 12.1 Å². The number of methoxy groups -OCH3 is 1. The zero-order valence-electron chi connectivity index (χ0n) is 10.3. The average molecular weight is 364 g/mol. The second-order valence-electron chi connectivity index (χ2n) is 4.08. The molecule has 0 amide bonds. The largest absolute Gasteiger partial charge is 0.496 e. The van der Waals surface area contributed by atoms with Crippen molar-refractivity contribution < 1.29 is 18.6 Å². The third-order valence-electron chi connectivity index (χ3n) is 2.83. The molecule has 0 fully saturated rings. The molecule has 0 radical (unpaired) electrons. The number of aliphatic hydroxyl groups excluding tert-OH is 1. The lowest BCUT2D eigenvalue weighted by molar-refractivity contribution is 0.219. The fourth-order valence-corrected chi connectivity index (χ4v) is 2.59. The van der Waals surface area contributed by atoms with Crippen molar-refractivity contribution in [2.24, 2.45) is 0 Å². The Morgan fingerprint density at radius 2 is 1.85 bits per heavy atom. The van der Waals surface area contributed by atoms with Crippen LogP contribution in [0.4, 0.5) is 8.78 Å². The Morgan fingerprint density at radius 1 is 1.20 bits per heavy atom. The van der Waals surface area contributed by atoms with Gasteiger partial charge in [-0.2, -0.15) is 0 Å². The van der Waals surface area contributed by atoms with Crippen molar-refractivity contribution in [3.05, 3.63) is 62.6 Å². The zero-order valence-corrected chi connectivity index (χ0v) is 12.7. The summed E-state index contributed by atoms with van der Waals surface area (Å²) >= 11 is 9.13. The summed E-state index contributed by atoms with van der Waals surface area (Å²) in [6.45, 7) is 0. The molecule has 0 aliphatic heterocycles. The summed E-state index contributed by atoms with van der Waals surface area (Å²) < 4.78 is 32.0. The van der Waals surface area contributed by atoms with Crippen LogP contribution in [0, 0.1) is 11.6 Å². The van der Waals surface area contributed by atoms with Crippen LogP contribution in [0.15, 0.2) is 34.8 Å². The lowest BCUT2D eigenvalue weighted by Crippen LogP contribution is -2.03. The van der Waals surface area contributed by atoms with Crippen molar-refractivity contribution in [3.8, 4) is 5.75 Å². The Bertz CT molecular complexity index is 649. The van der Waals surface area contributed by atoms with Crippen LogP contribution in [0.2, 0.25) is 5.02 Å². The molecule has 0 saturated carbocycles. The van der Waals surface area contributed by atoms with E-state index in [9.17, 15) is 13.9 Å². The van der Waals surface area contributed by atoms with E-state index in [1.54, 1.807) is 18.2 Å². The van der Waals surface area contributed by atoms with Gasteiger partial charge in [0.15, 0.2) is 11.6 Å². The fourth-order valence-electron chi connectivity index (χ4n) is 1.78. The van der Waals surface area contributed by atoms with E-state index in [-0.39, 0.29) is 10.6 Å². The summed E-state index contributed by atoms with van der Waals surface area (Å²) in [6, 6.07) is 6.62. The molecule has 0 aromatic heterocycles. The summed E-state index contributed by atoms with van der Waals surface area (Å²) in [5.41, 5.74) is 0.577. The highest BCUT2D eigenvalue weighted by Gasteiger charge is 2.18. The molecule has 1 N–H and O–H groups in total. The second-order valence-corrected chi connectivity index (χ2v) is 5.35. The number of benzene rings is 2. The summed E-state index contributed by atoms with van der Waals surface area (Å²) in [5, 5.41) is 10.2. The fraction of sp³-hybridized carbons (Fsp3) is 0.143. The Hall–Kier alpha value is -1.17. The van der Waals surface area contributed by atoms with Gasteiger partial charge in [0.05, 0.1) is 11.6 Å². The molecule has 106 valence electrons.